The molecule has 24 heavy (non-hydrogen) atoms. The molecule has 0 aliphatic carbocycles. The highest BCUT2D eigenvalue weighted by molar-refractivity contribution is 6.05. The molecule has 0 saturated heterocycles. The molecule has 0 fully saturated rings. The molecule has 122 valence electrons. The number of nitrogens with zero attached hydrogens (tertiary/aromatic N) is 2. The molecule has 0 atom stereocenters. The van der Waals surface area contributed by atoms with Gasteiger partial charge in [0.2, 0.25) is 0 Å². The van der Waals surface area contributed by atoms with Gasteiger partial charge < -0.3 is 5.73 Å². The number of rotatable bonds is 3. The molecule has 0 amide bonds. The van der Waals surface area contributed by atoms with Crippen LogP contribution in [0.4, 0.5) is 8.78 Å². The summed E-state index contributed by atoms with van der Waals surface area (Å²) in [7, 11) is 0. The maximum Gasteiger partial charge on any atom is 0.347 e. The zero-order valence-corrected chi connectivity index (χ0v) is 12.6. The monoisotopic (exact) mass is 328 g/mol. The van der Waals surface area contributed by atoms with E-state index >= 15 is 0 Å². The minimum absolute atomic E-state index is 0.289. The van der Waals surface area contributed by atoms with E-state index in [1.165, 1.54) is 10.5 Å². The Morgan fingerprint density at radius 1 is 1.12 bits per heavy atom. The third kappa shape index (κ3) is 2.16. The van der Waals surface area contributed by atoms with Crippen molar-refractivity contribution >= 4 is 27.2 Å². The van der Waals surface area contributed by atoms with Crippen molar-refractivity contribution in [1.29, 1.82) is 0 Å². The van der Waals surface area contributed by atoms with Gasteiger partial charge in [-0.05, 0) is 53.9 Å². The average molecular weight is 328 g/mol. The molecule has 4 aromatic rings. The van der Waals surface area contributed by atoms with Crippen LogP contribution in [0.5, 0.6) is 0 Å². The van der Waals surface area contributed by atoms with Gasteiger partial charge in [-0.3, -0.25) is 0 Å². The summed E-state index contributed by atoms with van der Waals surface area (Å²) in [5.74, 6) is -1.27. The van der Waals surface area contributed by atoms with Crippen molar-refractivity contribution in [2.24, 2.45) is 5.73 Å². The van der Waals surface area contributed by atoms with Crippen LogP contribution in [-0.2, 0) is 6.42 Å². The average Bonchev–Trinajstić information content (AvgIpc) is 2.92. The van der Waals surface area contributed by atoms with Gasteiger partial charge in [-0.2, -0.15) is 5.10 Å². The summed E-state index contributed by atoms with van der Waals surface area (Å²) in [4.78, 5) is 11.9. The van der Waals surface area contributed by atoms with Gasteiger partial charge in [0.25, 0.3) is 0 Å². The predicted octanol–water partition coefficient (Wildman–Crippen LogP) is 2.50. The van der Waals surface area contributed by atoms with E-state index in [-0.39, 0.29) is 11.1 Å². The van der Waals surface area contributed by atoms with Crippen LogP contribution in [0, 0.1) is 11.6 Å². The summed E-state index contributed by atoms with van der Waals surface area (Å²) in [5.41, 5.74) is 6.53. The van der Waals surface area contributed by atoms with E-state index in [9.17, 15) is 13.6 Å². The lowest BCUT2D eigenvalue weighted by Crippen LogP contribution is -2.10. The van der Waals surface area contributed by atoms with E-state index in [2.05, 4.69) is 10.2 Å². The Morgan fingerprint density at radius 2 is 1.96 bits per heavy atom. The smallest absolute Gasteiger partial charge is 0.330 e. The highest BCUT2D eigenvalue weighted by Gasteiger charge is 2.13. The number of nitrogens with two attached hydrogens (primary N) is 1. The first kappa shape index (κ1) is 14.8. The first-order chi connectivity index (χ1) is 11.6. The van der Waals surface area contributed by atoms with Crippen molar-refractivity contribution in [1.82, 2.24) is 14.6 Å². The fourth-order valence-electron chi connectivity index (χ4n) is 3.11. The third-order valence-corrected chi connectivity index (χ3v) is 4.23. The second-order valence-corrected chi connectivity index (χ2v) is 5.78. The van der Waals surface area contributed by atoms with Crippen molar-refractivity contribution in [3.63, 3.8) is 0 Å². The van der Waals surface area contributed by atoms with E-state index in [1.54, 1.807) is 18.3 Å². The molecular formula is C17H14F2N4O. The van der Waals surface area contributed by atoms with Crippen molar-refractivity contribution in [2.75, 3.05) is 6.54 Å². The van der Waals surface area contributed by atoms with Gasteiger partial charge in [-0.15, -0.1) is 0 Å². The Bertz CT molecular complexity index is 1150. The molecule has 0 saturated carbocycles. The summed E-state index contributed by atoms with van der Waals surface area (Å²) in [6.07, 6.45) is 3.10. The van der Waals surface area contributed by atoms with Gasteiger partial charge in [0.1, 0.15) is 11.6 Å². The number of fused-ring (bicyclic) bond motifs is 4. The molecule has 7 heteroatoms. The zero-order valence-electron chi connectivity index (χ0n) is 12.6. The molecule has 0 aliphatic heterocycles. The van der Waals surface area contributed by atoms with Gasteiger partial charge in [0.15, 0.2) is 5.65 Å². The maximum atomic E-state index is 14.1. The Balaban J connectivity index is 2.17. The van der Waals surface area contributed by atoms with Crippen molar-refractivity contribution in [2.45, 2.75) is 12.8 Å². The Labute approximate surface area is 134 Å². The lowest BCUT2D eigenvalue weighted by Gasteiger charge is -2.10. The van der Waals surface area contributed by atoms with Crippen LogP contribution in [0.3, 0.4) is 0 Å². The standard InChI is InChI=1S/C17H14F2N4O/c18-11-4-10-5-12-9(2-1-3-20)8-23-16(21-22-17(23)24)14(12)7-13(10)15(19)6-11/h4-8H,1-3,20H2,(H,22,24). The van der Waals surface area contributed by atoms with Crippen molar-refractivity contribution in [3.8, 4) is 0 Å². The number of pyridine rings is 1. The van der Waals surface area contributed by atoms with E-state index in [4.69, 9.17) is 5.73 Å². The molecule has 0 unspecified atom stereocenters. The van der Waals surface area contributed by atoms with Gasteiger partial charge >= 0.3 is 5.69 Å². The van der Waals surface area contributed by atoms with Crippen LogP contribution in [0.2, 0.25) is 0 Å². The number of aromatic nitrogens is 3. The third-order valence-electron chi connectivity index (χ3n) is 4.23. The second kappa shape index (κ2) is 5.38. The lowest BCUT2D eigenvalue weighted by molar-refractivity contribution is 0.592. The van der Waals surface area contributed by atoms with Gasteiger partial charge in [-0.1, -0.05) is 0 Å². The number of aryl methyl sites for hydroxylation is 1. The van der Waals surface area contributed by atoms with Crippen LogP contribution in [-0.4, -0.2) is 21.1 Å². The number of nitrogens with one attached hydrogen (secondary N) is 1. The van der Waals surface area contributed by atoms with E-state index in [0.29, 0.717) is 29.4 Å². The first-order valence-electron chi connectivity index (χ1n) is 7.59. The number of benzene rings is 2. The molecule has 0 aliphatic rings. The summed E-state index contributed by atoms with van der Waals surface area (Å²) in [5, 5.41) is 8.64. The van der Waals surface area contributed by atoms with E-state index in [0.717, 1.165) is 23.4 Å². The molecule has 2 aromatic heterocycles. The minimum Gasteiger partial charge on any atom is -0.330 e. The quantitative estimate of drug-likeness (QED) is 0.567. The fraction of sp³-hybridized carbons (Fsp3) is 0.176. The maximum absolute atomic E-state index is 14.1. The van der Waals surface area contributed by atoms with Crippen LogP contribution in [0.25, 0.3) is 27.2 Å². The van der Waals surface area contributed by atoms with Crippen LogP contribution in [0.15, 0.2) is 35.3 Å². The topological polar surface area (TPSA) is 76.2 Å². The minimum atomic E-state index is -0.643. The van der Waals surface area contributed by atoms with E-state index in [1.807, 2.05) is 0 Å². The molecule has 0 bridgehead atoms. The number of hydrogen-bond donors (Lipinski definition) is 2. The highest BCUT2D eigenvalue weighted by Crippen LogP contribution is 2.30. The lowest BCUT2D eigenvalue weighted by atomic mass is 9.99. The molecule has 2 aromatic carbocycles. The van der Waals surface area contributed by atoms with Crippen LogP contribution < -0.4 is 11.4 Å². The Morgan fingerprint density at radius 3 is 2.75 bits per heavy atom. The van der Waals surface area contributed by atoms with Crippen LogP contribution >= 0.6 is 0 Å². The highest BCUT2D eigenvalue weighted by atomic mass is 19.1. The molecular weight excluding hydrogens is 314 g/mol. The molecule has 4 rings (SSSR count). The van der Waals surface area contributed by atoms with E-state index < -0.39 is 11.6 Å². The predicted molar refractivity (Wildman–Crippen MR) is 88.1 cm³/mol. The Hall–Kier alpha value is -2.80. The van der Waals surface area contributed by atoms with Gasteiger partial charge in [0.05, 0.1) is 0 Å². The summed E-state index contributed by atoms with van der Waals surface area (Å²) in [6.45, 7) is 0.511. The van der Waals surface area contributed by atoms with Gasteiger partial charge in [-0.25, -0.2) is 23.1 Å². The number of H-pyrrole nitrogens is 1. The summed E-state index contributed by atoms with van der Waals surface area (Å²) >= 11 is 0. The Kier molecular flexibility index (Phi) is 3.31. The van der Waals surface area contributed by atoms with Crippen LogP contribution in [0.1, 0.15) is 12.0 Å². The second-order valence-electron chi connectivity index (χ2n) is 5.78. The first-order valence-corrected chi connectivity index (χ1v) is 7.59. The molecule has 2 heterocycles. The SMILES string of the molecule is NCCCc1cn2c(=O)[nH]nc2c2cc3c(F)cc(F)cc3cc12. The fourth-order valence-corrected chi connectivity index (χ4v) is 3.11. The number of halogens is 2. The van der Waals surface area contributed by atoms with Crippen molar-refractivity contribution in [3.05, 3.63) is 58.1 Å². The van der Waals surface area contributed by atoms with Gasteiger partial charge in [0, 0.05) is 23.0 Å². The molecule has 5 nitrogen and oxygen atoms in total. The molecule has 3 N–H and O–H groups in total. The zero-order chi connectivity index (χ0) is 16.8. The largest absolute Gasteiger partial charge is 0.347 e. The van der Waals surface area contributed by atoms with Crippen molar-refractivity contribution < 1.29 is 8.78 Å². The number of hydrogen-bond acceptors (Lipinski definition) is 3. The summed E-state index contributed by atoms with van der Waals surface area (Å²) in [6, 6.07) is 5.49. The number of aromatic amines is 1. The molecule has 0 spiro atoms. The summed E-state index contributed by atoms with van der Waals surface area (Å²) < 4.78 is 29.1. The normalized spacial score (nSPS) is 11.8. The molecule has 0 radical (unpaired) electrons.